The van der Waals surface area contributed by atoms with Crippen molar-refractivity contribution < 1.29 is 0 Å². The fourth-order valence-electron chi connectivity index (χ4n) is 1.53. The molecule has 0 spiro atoms. The number of fused-ring (bicyclic) bond motifs is 1. The molecule has 2 heterocycles. The predicted octanol–water partition coefficient (Wildman–Crippen LogP) is 2.18. The minimum atomic E-state index is 0.544. The van der Waals surface area contributed by atoms with Crippen molar-refractivity contribution in [1.82, 2.24) is 14.5 Å². The Balaban J connectivity index is 2.89. The first kappa shape index (κ1) is 8.51. The van der Waals surface area contributed by atoms with E-state index in [1.54, 1.807) is 0 Å². The van der Waals surface area contributed by atoms with Crippen LogP contribution in [0.3, 0.4) is 0 Å². The molecule has 68 valence electrons. The van der Waals surface area contributed by atoms with Gasteiger partial charge in [0.15, 0.2) is 0 Å². The van der Waals surface area contributed by atoms with Crippen molar-refractivity contribution >= 4 is 22.6 Å². The van der Waals surface area contributed by atoms with E-state index in [1.807, 2.05) is 17.8 Å². The SMILES string of the molecule is CCc1cn(C)c2ncnc(Cl)c12. The molecule has 2 aromatic rings. The van der Waals surface area contributed by atoms with Crippen LogP contribution in [0.1, 0.15) is 12.5 Å². The lowest BCUT2D eigenvalue weighted by molar-refractivity contribution is 0.934. The molecule has 0 amide bonds. The summed E-state index contributed by atoms with van der Waals surface area (Å²) < 4.78 is 1.97. The zero-order valence-corrected chi connectivity index (χ0v) is 8.34. The number of hydrogen-bond acceptors (Lipinski definition) is 2. The molecule has 2 aromatic heterocycles. The molecule has 13 heavy (non-hydrogen) atoms. The van der Waals surface area contributed by atoms with Crippen molar-refractivity contribution in [2.24, 2.45) is 7.05 Å². The average molecular weight is 196 g/mol. The van der Waals surface area contributed by atoms with E-state index in [-0.39, 0.29) is 0 Å². The molecule has 4 heteroatoms. The second kappa shape index (κ2) is 3.00. The lowest BCUT2D eigenvalue weighted by atomic mass is 10.2. The molecule has 0 bridgehead atoms. The van der Waals surface area contributed by atoms with Crippen LogP contribution in [0.25, 0.3) is 11.0 Å². The van der Waals surface area contributed by atoms with Crippen LogP contribution in [0.4, 0.5) is 0 Å². The van der Waals surface area contributed by atoms with Crippen LogP contribution in [0, 0.1) is 0 Å². The average Bonchev–Trinajstić information content (AvgIpc) is 2.45. The summed E-state index contributed by atoms with van der Waals surface area (Å²) in [6.07, 6.45) is 4.49. The molecule has 0 saturated carbocycles. The number of rotatable bonds is 1. The first-order chi connectivity index (χ1) is 6.24. The summed E-state index contributed by atoms with van der Waals surface area (Å²) in [6, 6.07) is 0. The molecule has 0 aliphatic rings. The minimum absolute atomic E-state index is 0.544. The van der Waals surface area contributed by atoms with Crippen molar-refractivity contribution in [2.45, 2.75) is 13.3 Å². The van der Waals surface area contributed by atoms with E-state index in [4.69, 9.17) is 11.6 Å². The molecule has 3 nitrogen and oxygen atoms in total. The van der Waals surface area contributed by atoms with Gasteiger partial charge in [0.1, 0.15) is 17.1 Å². The number of hydrogen-bond donors (Lipinski definition) is 0. The molecule has 0 radical (unpaired) electrons. The Morgan fingerprint density at radius 1 is 1.46 bits per heavy atom. The van der Waals surface area contributed by atoms with Gasteiger partial charge in [0, 0.05) is 13.2 Å². The van der Waals surface area contributed by atoms with Gasteiger partial charge in [-0.15, -0.1) is 0 Å². The summed E-state index contributed by atoms with van der Waals surface area (Å²) in [7, 11) is 1.96. The van der Waals surface area contributed by atoms with Gasteiger partial charge in [0.25, 0.3) is 0 Å². The number of halogens is 1. The topological polar surface area (TPSA) is 30.7 Å². The lowest BCUT2D eigenvalue weighted by Crippen LogP contribution is -1.88. The summed E-state index contributed by atoms with van der Waals surface area (Å²) in [5, 5.41) is 1.52. The largest absolute Gasteiger partial charge is 0.335 e. The molecular weight excluding hydrogens is 186 g/mol. The van der Waals surface area contributed by atoms with Gasteiger partial charge in [-0.1, -0.05) is 18.5 Å². The van der Waals surface area contributed by atoms with Crippen LogP contribution >= 0.6 is 11.6 Å². The van der Waals surface area contributed by atoms with Gasteiger partial charge in [0.2, 0.25) is 0 Å². The molecule has 2 rings (SSSR count). The van der Waals surface area contributed by atoms with Crippen molar-refractivity contribution in [1.29, 1.82) is 0 Å². The highest BCUT2D eigenvalue weighted by molar-refractivity contribution is 6.34. The second-order valence-corrected chi connectivity index (χ2v) is 3.34. The van der Waals surface area contributed by atoms with Crippen molar-refractivity contribution in [2.75, 3.05) is 0 Å². The molecule has 0 N–H and O–H groups in total. The van der Waals surface area contributed by atoms with E-state index in [0.29, 0.717) is 5.15 Å². The summed E-state index contributed by atoms with van der Waals surface area (Å²) in [5.74, 6) is 0. The predicted molar refractivity (Wildman–Crippen MR) is 52.9 cm³/mol. The quantitative estimate of drug-likeness (QED) is 0.653. The van der Waals surface area contributed by atoms with Crippen LogP contribution in [0.15, 0.2) is 12.5 Å². The normalized spacial score (nSPS) is 11.0. The van der Waals surface area contributed by atoms with Crippen LogP contribution in [-0.2, 0) is 13.5 Å². The highest BCUT2D eigenvalue weighted by Gasteiger charge is 2.09. The summed E-state index contributed by atoms with van der Waals surface area (Å²) in [6.45, 7) is 2.10. The first-order valence-electron chi connectivity index (χ1n) is 4.18. The Hall–Kier alpha value is -1.09. The molecule has 0 fully saturated rings. The van der Waals surface area contributed by atoms with E-state index in [0.717, 1.165) is 17.5 Å². The summed E-state index contributed by atoms with van der Waals surface area (Å²) in [5.41, 5.74) is 2.10. The maximum atomic E-state index is 5.99. The maximum Gasteiger partial charge on any atom is 0.144 e. The molecular formula is C9H10ClN3. The van der Waals surface area contributed by atoms with E-state index < -0.39 is 0 Å². The fourth-order valence-corrected chi connectivity index (χ4v) is 1.78. The Kier molecular flexibility index (Phi) is 1.96. The highest BCUT2D eigenvalue weighted by Crippen LogP contribution is 2.24. The molecule has 0 aromatic carbocycles. The molecule has 0 saturated heterocycles. The zero-order chi connectivity index (χ0) is 9.42. The third kappa shape index (κ3) is 1.20. The van der Waals surface area contributed by atoms with E-state index in [2.05, 4.69) is 16.9 Å². The summed E-state index contributed by atoms with van der Waals surface area (Å²) >= 11 is 5.99. The van der Waals surface area contributed by atoms with Crippen molar-refractivity contribution in [3.8, 4) is 0 Å². The zero-order valence-electron chi connectivity index (χ0n) is 7.58. The number of nitrogens with zero attached hydrogens (tertiary/aromatic N) is 3. The standard InChI is InChI=1S/C9H10ClN3/c1-3-6-4-13(2)9-7(6)8(10)11-5-12-9/h4-5H,3H2,1-2H3. The minimum Gasteiger partial charge on any atom is -0.335 e. The van der Waals surface area contributed by atoms with E-state index >= 15 is 0 Å². The third-order valence-corrected chi connectivity index (χ3v) is 2.45. The van der Waals surface area contributed by atoms with Crippen molar-refractivity contribution in [3.05, 3.63) is 23.2 Å². The van der Waals surface area contributed by atoms with Crippen LogP contribution in [0.5, 0.6) is 0 Å². The Labute approximate surface area is 81.4 Å². The fraction of sp³-hybridized carbons (Fsp3) is 0.333. The highest BCUT2D eigenvalue weighted by atomic mass is 35.5. The van der Waals surface area contributed by atoms with E-state index in [1.165, 1.54) is 11.9 Å². The van der Waals surface area contributed by atoms with Gasteiger partial charge >= 0.3 is 0 Å². The van der Waals surface area contributed by atoms with Gasteiger partial charge in [0.05, 0.1) is 5.39 Å². The van der Waals surface area contributed by atoms with Crippen LogP contribution in [-0.4, -0.2) is 14.5 Å². The molecule has 0 aliphatic heterocycles. The van der Waals surface area contributed by atoms with Gasteiger partial charge in [-0.3, -0.25) is 0 Å². The Bertz CT molecular complexity index is 447. The van der Waals surface area contributed by atoms with Crippen LogP contribution < -0.4 is 0 Å². The Morgan fingerprint density at radius 2 is 2.23 bits per heavy atom. The van der Waals surface area contributed by atoms with Gasteiger partial charge in [-0.2, -0.15) is 0 Å². The van der Waals surface area contributed by atoms with Crippen LogP contribution in [0.2, 0.25) is 5.15 Å². The number of aryl methyl sites for hydroxylation is 2. The number of aromatic nitrogens is 3. The molecule has 0 atom stereocenters. The monoisotopic (exact) mass is 195 g/mol. The maximum absolute atomic E-state index is 5.99. The lowest BCUT2D eigenvalue weighted by Gasteiger charge is -1.95. The van der Waals surface area contributed by atoms with Gasteiger partial charge in [-0.05, 0) is 12.0 Å². The smallest absolute Gasteiger partial charge is 0.144 e. The van der Waals surface area contributed by atoms with Gasteiger partial charge in [-0.25, -0.2) is 9.97 Å². The van der Waals surface area contributed by atoms with E-state index in [9.17, 15) is 0 Å². The summed E-state index contributed by atoms with van der Waals surface area (Å²) in [4.78, 5) is 8.15. The van der Waals surface area contributed by atoms with Gasteiger partial charge < -0.3 is 4.57 Å². The molecule has 0 unspecified atom stereocenters. The first-order valence-corrected chi connectivity index (χ1v) is 4.56. The molecule has 0 aliphatic carbocycles. The Morgan fingerprint density at radius 3 is 2.92 bits per heavy atom. The third-order valence-electron chi connectivity index (χ3n) is 2.17. The second-order valence-electron chi connectivity index (χ2n) is 2.98. The van der Waals surface area contributed by atoms with Crippen molar-refractivity contribution in [3.63, 3.8) is 0 Å².